The second kappa shape index (κ2) is 13.3. The molecule has 4 aromatic rings. The average Bonchev–Trinajstić information content (AvgIpc) is 3.33. The molecule has 0 saturated carbocycles. The molecular formula is C33H28BrN3O6S. The second-order valence-corrected chi connectivity index (χ2v) is 11.6. The molecule has 1 aliphatic heterocycles. The van der Waals surface area contributed by atoms with E-state index in [-0.39, 0.29) is 17.7 Å². The van der Waals surface area contributed by atoms with E-state index in [2.05, 4.69) is 27.0 Å². The number of hydrogen-bond donors (Lipinski definition) is 0. The Morgan fingerprint density at radius 2 is 1.77 bits per heavy atom. The molecule has 3 aromatic carbocycles. The van der Waals surface area contributed by atoms with Crippen LogP contribution in [0.15, 0.2) is 86.2 Å². The summed E-state index contributed by atoms with van der Waals surface area (Å²) in [6.45, 7) is 4.00. The third-order valence-electron chi connectivity index (χ3n) is 6.98. The predicted molar refractivity (Wildman–Crippen MR) is 170 cm³/mol. The van der Waals surface area contributed by atoms with Crippen molar-refractivity contribution in [3.8, 4) is 23.3 Å². The maximum atomic E-state index is 14.0. The number of thiazole rings is 1. The number of carbonyl (C=O) groups is 1. The van der Waals surface area contributed by atoms with Crippen LogP contribution in [0, 0.1) is 11.3 Å². The van der Waals surface area contributed by atoms with E-state index in [9.17, 15) is 9.59 Å². The number of halogens is 1. The van der Waals surface area contributed by atoms with E-state index in [0.29, 0.717) is 54.5 Å². The normalized spacial score (nSPS) is 14.4. The summed E-state index contributed by atoms with van der Waals surface area (Å²) in [5.74, 6) is 1.07. The first-order valence-corrected chi connectivity index (χ1v) is 15.2. The van der Waals surface area contributed by atoms with Crippen molar-refractivity contribution >= 4 is 39.3 Å². The van der Waals surface area contributed by atoms with Gasteiger partial charge in [0.25, 0.3) is 5.56 Å². The van der Waals surface area contributed by atoms with Crippen LogP contribution in [0.4, 0.5) is 0 Å². The molecule has 1 aromatic heterocycles. The number of rotatable bonds is 9. The Balaban J connectivity index is 1.53. The van der Waals surface area contributed by atoms with Gasteiger partial charge in [-0.1, -0.05) is 51.5 Å². The number of ether oxygens (including phenoxy) is 4. The molecular weight excluding hydrogens is 646 g/mol. The van der Waals surface area contributed by atoms with Crippen molar-refractivity contribution < 1.29 is 23.7 Å². The van der Waals surface area contributed by atoms with Gasteiger partial charge >= 0.3 is 5.97 Å². The lowest BCUT2D eigenvalue weighted by Crippen LogP contribution is -2.40. The van der Waals surface area contributed by atoms with E-state index in [1.165, 1.54) is 30.1 Å². The van der Waals surface area contributed by atoms with Gasteiger partial charge in [-0.2, -0.15) is 5.26 Å². The Bertz CT molecular complexity index is 1970. The zero-order valence-electron chi connectivity index (χ0n) is 24.4. The van der Waals surface area contributed by atoms with Crippen LogP contribution in [0.3, 0.4) is 0 Å². The molecule has 224 valence electrons. The summed E-state index contributed by atoms with van der Waals surface area (Å²) >= 11 is 4.86. The highest BCUT2D eigenvalue weighted by molar-refractivity contribution is 9.10. The van der Waals surface area contributed by atoms with Gasteiger partial charge < -0.3 is 18.9 Å². The summed E-state index contributed by atoms with van der Waals surface area (Å²) in [6, 6.07) is 19.4. The number of allylic oxidation sites excluding steroid dienone is 1. The molecule has 1 atom stereocenters. The van der Waals surface area contributed by atoms with Gasteiger partial charge in [-0.25, -0.2) is 9.79 Å². The van der Waals surface area contributed by atoms with Crippen molar-refractivity contribution in [3.05, 3.63) is 118 Å². The average molecular weight is 675 g/mol. The third-order valence-corrected chi connectivity index (χ3v) is 8.65. The van der Waals surface area contributed by atoms with E-state index < -0.39 is 12.0 Å². The molecule has 0 saturated heterocycles. The minimum atomic E-state index is -0.820. The minimum absolute atomic E-state index is 0.174. The number of hydrogen-bond acceptors (Lipinski definition) is 9. The van der Waals surface area contributed by atoms with Crippen LogP contribution in [-0.2, 0) is 16.1 Å². The van der Waals surface area contributed by atoms with E-state index in [1.54, 1.807) is 44.2 Å². The molecule has 2 heterocycles. The molecule has 0 bridgehead atoms. The molecule has 1 aliphatic rings. The number of methoxy groups -OCH3 is 2. The monoisotopic (exact) mass is 673 g/mol. The Morgan fingerprint density at radius 1 is 1.09 bits per heavy atom. The van der Waals surface area contributed by atoms with E-state index >= 15 is 0 Å². The number of nitriles is 1. The molecule has 0 spiro atoms. The van der Waals surface area contributed by atoms with Gasteiger partial charge in [0.2, 0.25) is 0 Å². The van der Waals surface area contributed by atoms with E-state index in [1.807, 2.05) is 36.4 Å². The lowest BCUT2D eigenvalue weighted by atomic mass is 9.95. The highest BCUT2D eigenvalue weighted by Crippen LogP contribution is 2.40. The summed E-state index contributed by atoms with van der Waals surface area (Å²) in [7, 11) is 3.06. The molecule has 0 amide bonds. The minimum Gasteiger partial charge on any atom is -0.493 e. The van der Waals surface area contributed by atoms with Crippen LogP contribution >= 0.6 is 27.3 Å². The van der Waals surface area contributed by atoms with Crippen LogP contribution in [0.2, 0.25) is 0 Å². The Labute approximate surface area is 266 Å². The highest BCUT2D eigenvalue weighted by Gasteiger charge is 2.35. The number of carbonyl (C=O) groups excluding carboxylic acids is 1. The molecule has 44 heavy (non-hydrogen) atoms. The van der Waals surface area contributed by atoms with Gasteiger partial charge in [0.05, 0.1) is 54.3 Å². The molecule has 11 heteroatoms. The maximum Gasteiger partial charge on any atom is 0.338 e. The van der Waals surface area contributed by atoms with Gasteiger partial charge in [-0.15, -0.1) is 0 Å². The van der Waals surface area contributed by atoms with Crippen LogP contribution in [0.25, 0.3) is 6.08 Å². The first-order valence-electron chi connectivity index (χ1n) is 13.6. The van der Waals surface area contributed by atoms with Gasteiger partial charge in [0.1, 0.15) is 12.4 Å². The smallest absolute Gasteiger partial charge is 0.338 e. The molecule has 0 radical (unpaired) electrons. The van der Waals surface area contributed by atoms with Crippen LogP contribution in [-0.4, -0.2) is 31.4 Å². The number of esters is 1. The predicted octanol–water partition coefficient (Wildman–Crippen LogP) is 5.03. The van der Waals surface area contributed by atoms with Crippen molar-refractivity contribution in [2.45, 2.75) is 26.5 Å². The zero-order valence-corrected chi connectivity index (χ0v) is 26.8. The summed E-state index contributed by atoms with van der Waals surface area (Å²) < 4.78 is 24.9. The number of fused-ring (bicyclic) bond motifs is 1. The van der Waals surface area contributed by atoms with Crippen molar-refractivity contribution in [2.75, 3.05) is 20.8 Å². The largest absolute Gasteiger partial charge is 0.493 e. The molecule has 9 nitrogen and oxygen atoms in total. The van der Waals surface area contributed by atoms with E-state index in [4.69, 9.17) is 24.2 Å². The summed E-state index contributed by atoms with van der Waals surface area (Å²) in [5.41, 5.74) is 3.40. The fourth-order valence-electron chi connectivity index (χ4n) is 4.82. The highest BCUT2D eigenvalue weighted by atomic mass is 79.9. The SMILES string of the molecule is CCOC(=O)C1=C(C)N=c2s/c(=C\c3ccc(OCc4ccc(C#N)cc4)cc3)c(=O)n2[C@@H]1c1cc(OC)c(OC)cc1Br. The van der Waals surface area contributed by atoms with Gasteiger partial charge in [-0.3, -0.25) is 9.36 Å². The molecule has 0 aliphatic carbocycles. The fraction of sp³-hybridized carbons (Fsp3) is 0.212. The third kappa shape index (κ3) is 6.18. The standard InChI is InChI=1S/C33H28BrN3O6S/c1-5-42-32(39)29-19(2)36-33-37(30(29)24-15-26(40-3)27(41-4)16-25(24)34)31(38)28(44-33)14-20-10-12-23(13-11-20)43-18-22-8-6-21(17-35)7-9-22/h6-16,30H,5,18H2,1-4H3/b28-14-/t30-/m1/s1. The quantitative estimate of drug-likeness (QED) is 0.229. The van der Waals surface area contributed by atoms with E-state index in [0.717, 1.165) is 11.1 Å². The maximum absolute atomic E-state index is 14.0. The summed E-state index contributed by atoms with van der Waals surface area (Å²) in [4.78, 5) is 32.3. The van der Waals surface area contributed by atoms with Crippen LogP contribution < -0.4 is 29.1 Å². The first kappa shape index (κ1) is 30.8. The number of aromatic nitrogens is 1. The molecule has 0 unspecified atom stereocenters. The molecule has 0 fully saturated rings. The van der Waals surface area contributed by atoms with Gasteiger partial charge in [0, 0.05) is 4.47 Å². The van der Waals surface area contributed by atoms with Crippen molar-refractivity contribution in [1.29, 1.82) is 5.26 Å². The Hall–Kier alpha value is -4.66. The lowest BCUT2D eigenvalue weighted by Gasteiger charge is -2.26. The fourth-order valence-corrected chi connectivity index (χ4v) is 6.40. The molecule has 5 rings (SSSR count). The van der Waals surface area contributed by atoms with Crippen LogP contribution in [0.1, 0.15) is 42.1 Å². The van der Waals surface area contributed by atoms with Crippen molar-refractivity contribution in [3.63, 3.8) is 0 Å². The number of nitrogens with zero attached hydrogens (tertiary/aromatic N) is 3. The topological polar surface area (TPSA) is 112 Å². The van der Waals surface area contributed by atoms with Crippen molar-refractivity contribution in [1.82, 2.24) is 4.57 Å². The Morgan fingerprint density at radius 3 is 2.41 bits per heavy atom. The van der Waals surface area contributed by atoms with Crippen LogP contribution in [0.5, 0.6) is 17.2 Å². The summed E-state index contributed by atoms with van der Waals surface area (Å²) in [6.07, 6.45) is 1.79. The van der Waals surface area contributed by atoms with Gasteiger partial charge in [-0.05, 0) is 73.0 Å². The second-order valence-electron chi connectivity index (χ2n) is 9.70. The number of benzene rings is 3. The summed E-state index contributed by atoms with van der Waals surface area (Å²) in [5, 5.41) is 8.97. The lowest BCUT2D eigenvalue weighted by molar-refractivity contribution is -0.139. The van der Waals surface area contributed by atoms with Crippen molar-refractivity contribution in [2.24, 2.45) is 4.99 Å². The molecule has 0 N–H and O–H groups in total. The van der Waals surface area contributed by atoms with Gasteiger partial charge in [0.15, 0.2) is 16.3 Å². The Kier molecular flexibility index (Phi) is 9.32. The first-order chi connectivity index (χ1) is 21.3. The zero-order chi connectivity index (χ0) is 31.4.